The lowest BCUT2D eigenvalue weighted by molar-refractivity contribution is -0.156. The topological polar surface area (TPSA) is 193 Å². The second kappa shape index (κ2) is 24.4. The number of likely N-dealkylation sites (tertiary alicyclic amines) is 2. The van der Waals surface area contributed by atoms with Crippen molar-refractivity contribution in [3.8, 4) is 0 Å². The number of piperidine rings is 2. The summed E-state index contributed by atoms with van der Waals surface area (Å²) < 4.78 is 20.2. The second-order valence-electron chi connectivity index (χ2n) is 15.1. The van der Waals surface area contributed by atoms with E-state index < -0.39 is 35.2 Å². The molecular weight excluding hydrogens is 776 g/mol. The molecule has 2 N–H and O–H groups in total. The summed E-state index contributed by atoms with van der Waals surface area (Å²) in [7, 11) is 2.70. The Morgan fingerprint density at radius 2 is 0.983 bits per heavy atom. The highest BCUT2D eigenvalue weighted by Crippen LogP contribution is 2.37. The average Bonchev–Trinajstić information content (AvgIpc) is 3.27. The highest BCUT2D eigenvalue weighted by Gasteiger charge is 2.51. The molecule has 2 heterocycles. The Morgan fingerprint density at radius 3 is 1.35 bits per heavy atom. The maximum Gasteiger partial charge on any atom is 0.332 e. The molecule has 2 aromatic rings. The smallest absolute Gasteiger partial charge is 0.332 e. The van der Waals surface area contributed by atoms with Crippen molar-refractivity contribution in [2.75, 3.05) is 76.5 Å². The summed E-state index contributed by atoms with van der Waals surface area (Å²) in [5, 5.41) is 18.8. The zero-order chi connectivity index (χ0) is 44.3. The van der Waals surface area contributed by atoms with Gasteiger partial charge in [0.25, 0.3) is 0 Å². The van der Waals surface area contributed by atoms with E-state index in [0.29, 0.717) is 76.3 Å². The lowest BCUT2D eigenvalue weighted by atomic mass is 9.84. The molecule has 2 aliphatic rings. The number of nitrogens with zero attached hydrogens (tertiary/aromatic N) is 4. The molecule has 0 aliphatic carbocycles. The van der Waals surface area contributed by atoms with Crippen LogP contribution in [0.2, 0.25) is 0 Å². The molecule has 332 valence electrons. The summed E-state index contributed by atoms with van der Waals surface area (Å²) in [5.41, 5.74) is -0.927. The van der Waals surface area contributed by atoms with Gasteiger partial charge >= 0.3 is 23.9 Å². The van der Waals surface area contributed by atoms with Crippen molar-refractivity contribution in [1.29, 1.82) is 0 Å². The summed E-state index contributed by atoms with van der Waals surface area (Å²) in [6, 6.07) is 18.3. The van der Waals surface area contributed by atoms with Crippen molar-refractivity contribution in [2.24, 2.45) is 0 Å². The molecule has 0 spiro atoms. The van der Waals surface area contributed by atoms with Gasteiger partial charge in [-0.25, -0.2) is 9.59 Å². The molecule has 0 radical (unpaired) electrons. The summed E-state index contributed by atoms with van der Waals surface area (Å²) in [6.45, 7) is 9.64. The molecule has 2 aliphatic heterocycles. The Hall–Kier alpha value is -4.90. The number of hydrogen-bond donors (Lipinski definition) is 2. The van der Waals surface area contributed by atoms with Crippen LogP contribution in [0.25, 0.3) is 0 Å². The van der Waals surface area contributed by atoms with Gasteiger partial charge in [0.15, 0.2) is 0 Å². The van der Waals surface area contributed by atoms with Gasteiger partial charge in [-0.15, -0.1) is 0 Å². The first-order valence-corrected chi connectivity index (χ1v) is 20.7. The van der Waals surface area contributed by atoms with Gasteiger partial charge in [-0.05, 0) is 63.8 Å². The molecule has 2 aromatic carbocycles. The molecular formula is C44H64N4O12. The molecule has 16 heteroatoms. The largest absolute Gasteiger partial charge is 0.469 e. The summed E-state index contributed by atoms with van der Waals surface area (Å²) >= 11 is 0. The first kappa shape index (κ1) is 49.5. The molecule has 2 fully saturated rings. The maximum absolute atomic E-state index is 13.3. The molecule has 0 bridgehead atoms. The minimum Gasteiger partial charge on any atom is -0.469 e. The lowest BCUT2D eigenvalue weighted by Gasteiger charge is -2.46. The van der Waals surface area contributed by atoms with E-state index in [1.54, 1.807) is 49.6 Å². The van der Waals surface area contributed by atoms with E-state index in [9.17, 15) is 39.0 Å². The van der Waals surface area contributed by atoms with Crippen molar-refractivity contribution in [3.05, 3.63) is 60.7 Å². The summed E-state index contributed by atoms with van der Waals surface area (Å²) in [4.78, 5) is 82.6. The van der Waals surface area contributed by atoms with Gasteiger partial charge in [-0.2, -0.15) is 0 Å². The highest BCUT2D eigenvalue weighted by molar-refractivity contribution is 6.03. The number of amides is 2. The fourth-order valence-corrected chi connectivity index (χ4v) is 7.47. The third-order valence-corrected chi connectivity index (χ3v) is 10.7. The number of carbonyl (C=O) groups is 6. The van der Waals surface area contributed by atoms with Crippen molar-refractivity contribution in [1.82, 2.24) is 9.80 Å². The number of esters is 4. The van der Waals surface area contributed by atoms with Crippen LogP contribution in [0.3, 0.4) is 0 Å². The molecule has 60 heavy (non-hydrogen) atoms. The van der Waals surface area contributed by atoms with Crippen LogP contribution in [0.1, 0.15) is 79.1 Å². The molecule has 2 saturated heterocycles. The Morgan fingerprint density at radius 1 is 0.600 bits per heavy atom. The summed E-state index contributed by atoms with van der Waals surface area (Å²) in [5.74, 6) is -1.89. The summed E-state index contributed by atoms with van der Waals surface area (Å²) in [6.07, 6.45) is 1.05. The normalized spacial score (nSPS) is 17.1. The Bertz CT molecular complexity index is 1670. The number of para-hydroxylation sites is 2. The monoisotopic (exact) mass is 840 g/mol. The Labute approximate surface area is 353 Å². The van der Waals surface area contributed by atoms with Gasteiger partial charge in [-0.1, -0.05) is 50.2 Å². The minimum absolute atomic E-state index is 0.0184. The van der Waals surface area contributed by atoms with E-state index in [1.807, 2.05) is 48.5 Å². The SMILES string of the molecule is CCC(=O)N(c1ccccc1)C1(C(=O)OC)CCN(CCC(=O)OCC(C)O)CC1.CCC(=O)N(c1ccccc1)C1(C(=O)OCC(C)O)CCN(CCC(=O)OC)CC1. The number of anilines is 2. The average molecular weight is 841 g/mol. The number of carbonyl (C=O) groups excluding carboxylic acids is 6. The molecule has 0 saturated carbocycles. The number of hydrogen-bond acceptors (Lipinski definition) is 14. The van der Waals surface area contributed by atoms with Gasteiger partial charge in [-0.3, -0.25) is 29.0 Å². The van der Waals surface area contributed by atoms with Crippen LogP contribution in [0.4, 0.5) is 11.4 Å². The first-order chi connectivity index (χ1) is 28.7. The van der Waals surface area contributed by atoms with Crippen LogP contribution >= 0.6 is 0 Å². The van der Waals surface area contributed by atoms with Gasteiger partial charge in [0, 0.05) is 63.5 Å². The van der Waals surface area contributed by atoms with Crippen LogP contribution in [0.15, 0.2) is 60.7 Å². The van der Waals surface area contributed by atoms with Crippen molar-refractivity contribution in [2.45, 2.75) is 102 Å². The van der Waals surface area contributed by atoms with Crippen LogP contribution in [0, 0.1) is 0 Å². The third-order valence-electron chi connectivity index (χ3n) is 10.7. The number of ether oxygens (including phenoxy) is 4. The van der Waals surface area contributed by atoms with Crippen LogP contribution in [0.5, 0.6) is 0 Å². The third kappa shape index (κ3) is 13.6. The van der Waals surface area contributed by atoms with E-state index >= 15 is 0 Å². The number of benzene rings is 2. The van der Waals surface area contributed by atoms with Crippen molar-refractivity contribution in [3.63, 3.8) is 0 Å². The Balaban J connectivity index is 0.000000320. The maximum atomic E-state index is 13.3. The highest BCUT2D eigenvalue weighted by atomic mass is 16.6. The molecule has 2 amide bonds. The number of aliphatic hydroxyl groups is 2. The van der Waals surface area contributed by atoms with Crippen LogP contribution < -0.4 is 9.80 Å². The van der Waals surface area contributed by atoms with Gasteiger partial charge in [0.2, 0.25) is 11.8 Å². The molecule has 4 rings (SSSR count). The van der Waals surface area contributed by atoms with E-state index in [4.69, 9.17) is 18.9 Å². The predicted molar refractivity (Wildman–Crippen MR) is 224 cm³/mol. The molecule has 0 aromatic heterocycles. The zero-order valence-electron chi connectivity index (χ0n) is 36.0. The predicted octanol–water partition coefficient (Wildman–Crippen LogP) is 3.50. The van der Waals surface area contributed by atoms with Crippen LogP contribution in [-0.2, 0) is 47.7 Å². The number of methoxy groups -OCH3 is 2. The van der Waals surface area contributed by atoms with Gasteiger partial charge in [0.05, 0.1) is 39.3 Å². The van der Waals surface area contributed by atoms with Gasteiger partial charge in [0.1, 0.15) is 24.3 Å². The van der Waals surface area contributed by atoms with E-state index in [0.717, 1.165) is 0 Å². The van der Waals surface area contributed by atoms with E-state index in [1.165, 1.54) is 14.2 Å². The van der Waals surface area contributed by atoms with E-state index in [2.05, 4.69) is 9.80 Å². The molecule has 2 atom stereocenters. The van der Waals surface area contributed by atoms with Crippen LogP contribution in [-0.4, -0.2) is 146 Å². The van der Waals surface area contributed by atoms with Crippen molar-refractivity contribution < 1.29 is 57.9 Å². The second-order valence-corrected chi connectivity index (χ2v) is 15.1. The lowest BCUT2D eigenvalue weighted by Crippen LogP contribution is -2.63. The Kier molecular flexibility index (Phi) is 20.1. The van der Waals surface area contributed by atoms with Crippen molar-refractivity contribution >= 4 is 47.1 Å². The number of aliphatic hydroxyl groups excluding tert-OH is 2. The first-order valence-electron chi connectivity index (χ1n) is 20.7. The minimum atomic E-state index is -1.16. The van der Waals surface area contributed by atoms with Gasteiger partial charge < -0.3 is 39.0 Å². The zero-order valence-corrected chi connectivity index (χ0v) is 36.0. The standard InChI is InChI=1S/2C22H32N2O6/c1-4-19(26)24(18-8-6-5-7-9-18)22(21(28)29-3)11-14-23(15-12-22)13-10-20(27)30-16-17(2)25;1-4-19(26)24(18-8-6-5-7-9-18)22(21(28)30-16-17(2)25)11-14-23(15-12-22)13-10-20(27)29-3/h2*5-9,17,25H,4,10-16H2,1-3H3. The molecule has 2 unspecified atom stereocenters. The fraction of sp³-hybridized carbons (Fsp3) is 0.591. The fourth-order valence-electron chi connectivity index (χ4n) is 7.47. The molecule has 16 nitrogen and oxygen atoms in total. The quantitative estimate of drug-likeness (QED) is 0.164. The number of rotatable bonds is 18. The van der Waals surface area contributed by atoms with E-state index in [-0.39, 0.29) is 62.7 Å².